The predicted octanol–water partition coefficient (Wildman–Crippen LogP) is 5.59. The maximum Gasteiger partial charge on any atom is 0.198 e. The number of hydrogen-bond acceptors (Lipinski definition) is 5. The summed E-state index contributed by atoms with van der Waals surface area (Å²) in [4.78, 5) is 20.9. The van der Waals surface area contributed by atoms with Crippen LogP contribution in [0.5, 0.6) is 0 Å². The summed E-state index contributed by atoms with van der Waals surface area (Å²) >= 11 is 1.73. The smallest absolute Gasteiger partial charge is 0.198 e. The van der Waals surface area contributed by atoms with Crippen LogP contribution in [-0.2, 0) is 0 Å². The van der Waals surface area contributed by atoms with Gasteiger partial charge in [0.15, 0.2) is 11.3 Å². The molecule has 4 aromatic heterocycles. The Hall–Kier alpha value is -2.60. The molecule has 27 heavy (non-hydrogen) atoms. The second-order valence-corrected chi connectivity index (χ2v) is 7.84. The largest absolute Gasteiger partial charge is 0.311 e. The Morgan fingerprint density at radius 1 is 1.15 bits per heavy atom. The van der Waals surface area contributed by atoms with E-state index in [-0.39, 0.29) is 0 Å². The van der Waals surface area contributed by atoms with Gasteiger partial charge < -0.3 is 4.57 Å². The van der Waals surface area contributed by atoms with Crippen molar-refractivity contribution in [3.63, 3.8) is 0 Å². The van der Waals surface area contributed by atoms with Crippen LogP contribution >= 0.6 is 11.3 Å². The van der Waals surface area contributed by atoms with Gasteiger partial charge in [0.25, 0.3) is 0 Å². The van der Waals surface area contributed by atoms with Gasteiger partial charge in [0.1, 0.15) is 5.69 Å². The van der Waals surface area contributed by atoms with Crippen molar-refractivity contribution in [3.8, 4) is 21.0 Å². The maximum absolute atomic E-state index is 4.88. The Morgan fingerprint density at radius 3 is 2.67 bits per heavy atom. The first-order chi connectivity index (χ1) is 13.1. The molecule has 6 heteroatoms. The SMILES string of the molecule is CCC(CC)n1cnc2nc(-c3sc(-c4cccnc4)cc3C)c(C)nc21. The van der Waals surface area contributed by atoms with Crippen LogP contribution in [-0.4, -0.2) is 24.5 Å². The molecule has 0 aromatic carbocycles. The van der Waals surface area contributed by atoms with Crippen LogP contribution in [0.1, 0.15) is 44.0 Å². The van der Waals surface area contributed by atoms with Gasteiger partial charge in [0.2, 0.25) is 0 Å². The minimum atomic E-state index is 0.412. The summed E-state index contributed by atoms with van der Waals surface area (Å²) in [6.07, 6.45) is 7.69. The van der Waals surface area contributed by atoms with Crippen LogP contribution < -0.4 is 0 Å². The lowest BCUT2D eigenvalue weighted by Gasteiger charge is -2.14. The minimum Gasteiger partial charge on any atom is -0.311 e. The van der Waals surface area contributed by atoms with E-state index in [9.17, 15) is 0 Å². The quantitative estimate of drug-likeness (QED) is 0.454. The number of rotatable bonds is 5. The van der Waals surface area contributed by atoms with Gasteiger partial charge >= 0.3 is 0 Å². The number of imidazole rings is 1. The second-order valence-electron chi connectivity index (χ2n) is 6.79. The first-order valence-corrected chi connectivity index (χ1v) is 10.2. The molecule has 0 aliphatic carbocycles. The number of fused-ring (bicyclic) bond motifs is 1. The Morgan fingerprint density at radius 2 is 1.96 bits per heavy atom. The van der Waals surface area contributed by atoms with Gasteiger partial charge in [-0.2, -0.15) is 0 Å². The molecule has 4 rings (SSSR count). The molecule has 0 N–H and O–H groups in total. The van der Waals surface area contributed by atoms with Gasteiger partial charge in [0.05, 0.1) is 16.9 Å². The number of aryl methyl sites for hydroxylation is 2. The van der Waals surface area contributed by atoms with Crippen molar-refractivity contribution in [2.45, 2.75) is 46.6 Å². The van der Waals surface area contributed by atoms with Crippen molar-refractivity contribution in [1.29, 1.82) is 0 Å². The van der Waals surface area contributed by atoms with Gasteiger partial charge in [-0.1, -0.05) is 19.9 Å². The van der Waals surface area contributed by atoms with E-state index < -0.39 is 0 Å². The Labute approximate surface area is 163 Å². The van der Waals surface area contributed by atoms with E-state index in [4.69, 9.17) is 9.97 Å². The van der Waals surface area contributed by atoms with E-state index in [1.807, 2.05) is 25.5 Å². The highest BCUT2D eigenvalue weighted by molar-refractivity contribution is 7.19. The summed E-state index contributed by atoms with van der Waals surface area (Å²) in [5, 5.41) is 0. The molecule has 0 radical (unpaired) electrons. The lowest BCUT2D eigenvalue weighted by atomic mass is 10.1. The third kappa shape index (κ3) is 3.14. The molecule has 0 amide bonds. The van der Waals surface area contributed by atoms with Crippen molar-refractivity contribution in [1.82, 2.24) is 24.5 Å². The molecule has 4 heterocycles. The molecule has 0 spiro atoms. The Bertz CT molecular complexity index is 1080. The maximum atomic E-state index is 4.88. The van der Waals surface area contributed by atoms with E-state index in [1.54, 1.807) is 17.5 Å². The minimum absolute atomic E-state index is 0.412. The number of thiophene rings is 1. The summed E-state index contributed by atoms with van der Waals surface area (Å²) in [6.45, 7) is 8.56. The average molecular weight is 378 g/mol. The second kappa shape index (κ2) is 7.19. The normalized spacial score (nSPS) is 11.6. The van der Waals surface area contributed by atoms with Gasteiger partial charge in [-0.05, 0) is 44.4 Å². The van der Waals surface area contributed by atoms with Crippen LogP contribution in [0.15, 0.2) is 36.9 Å². The Kier molecular flexibility index (Phi) is 4.74. The average Bonchev–Trinajstić information content (AvgIpc) is 3.27. The molecule has 4 aromatic rings. The third-order valence-corrected chi connectivity index (χ3v) is 6.29. The summed E-state index contributed by atoms with van der Waals surface area (Å²) in [5.74, 6) is 0. The fourth-order valence-corrected chi connectivity index (χ4v) is 4.67. The number of hydrogen-bond donors (Lipinski definition) is 0. The summed E-state index contributed by atoms with van der Waals surface area (Å²) in [5.41, 5.74) is 5.80. The predicted molar refractivity (Wildman–Crippen MR) is 111 cm³/mol. The first-order valence-electron chi connectivity index (χ1n) is 9.34. The lowest BCUT2D eigenvalue weighted by Crippen LogP contribution is -2.07. The van der Waals surface area contributed by atoms with Crippen molar-refractivity contribution in [2.75, 3.05) is 0 Å². The molecule has 0 atom stereocenters. The lowest BCUT2D eigenvalue weighted by molar-refractivity contribution is 0.480. The summed E-state index contributed by atoms with van der Waals surface area (Å²) in [6, 6.07) is 6.66. The molecule has 0 fully saturated rings. The number of aromatic nitrogens is 5. The van der Waals surface area contributed by atoms with Gasteiger partial charge in [-0.25, -0.2) is 15.0 Å². The topological polar surface area (TPSA) is 56.5 Å². The molecule has 0 bridgehead atoms. The van der Waals surface area contributed by atoms with Crippen LogP contribution in [0.3, 0.4) is 0 Å². The summed E-state index contributed by atoms with van der Waals surface area (Å²) in [7, 11) is 0. The van der Waals surface area contributed by atoms with E-state index >= 15 is 0 Å². The fraction of sp³-hybridized carbons (Fsp3) is 0.333. The van der Waals surface area contributed by atoms with Crippen molar-refractivity contribution < 1.29 is 0 Å². The van der Waals surface area contributed by atoms with Gasteiger partial charge in [-0.15, -0.1) is 11.3 Å². The van der Waals surface area contributed by atoms with Gasteiger partial charge in [-0.3, -0.25) is 4.98 Å². The molecule has 0 saturated heterocycles. The van der Waals surface area contributed by atoms with Crippen LogP contribution in [0.25, 0.3) is 32.3 Å². The third-order valence-electron chi connectivity index (χ3n) is 5.00. The zero-order chi connectivity index (χ0) is 19.0. The molecule has 0 aliphatic rings. The summed E-state index contributed by atoms with van der Waals surface area (Å²) < 4.78 is 2.17. The van der Waals surface area contributed by atoms with E-state index in [2.05, 4.69) is 47.4 Å². The number of pyridine rings is 1. The zero-order valence-electron chi connectivity index (χ0n) is 16.1. The first kappa shape index (κ1) is 17.8. The molecule has 0 saturated carbocycles. The van der Waals surface area contributed by atoms with Crippen molar-refractivity contribution in [2.24, 2.45) is 0 Å². The number of nitrogens with zero attached hydrogens (tertiary/aromatic N) is 5. The highest BCUT2D eigenvalue weighted by Gasteiger charge is 2.18. The van der Waals surface area contributed by atoms with Crippen LogP contribution in [0, 0.1) is 13.8 Å². The fourth-order valence-electron chi connectivity index (χ4n) is 3.46. The Balaban J connectivity index is 1.81. The van der Waals surface area contributed by atoms with Crippen LogP contribution in [0.4, 0.5) is 0 Å². The molecule has 0 aliphatic heterocycles. The highest BCUT2D eigenvalue weighted by atomic mass is 32.1. The molecule has 138 valence electrons. The van der Waals surface area contributed by atoms with Crippen molar-refractivity contribution in [3.05, 3.63) is 48.2 Å². The molecule has 0 unspecified atom stereocenters. The molecular weight excluding hydrogens is 354 g/mol. The van der Waals surface area contributed by atoms with E-state index in [0.29, 0.717) is 6.04 Å². The monoisotopic (exact) mass is 377 g/mol. The molecule has 5 nitrogen and oxygen atoms in total. The van der Waals surface area contributed by atoms with Crippen LogP contribution in [0.2, 0.25) is 0 Å². The molecular formula is C21H23N5S. The van der Waals surface area contributed by atoms with Crippen molar-refractivity contribution >= 4 is 22.6 Å². The highest BCUT2D eigenvalue weighted by Crippen LogP contribution is 2.38. The van der Waals surface area contributed by atoms with E-state index in [0.717, 1.165) is 46.0 Å². The van der Waals surface area contributed by atoms with E-state index in [1.165, 1.54) is 10.4 Å². The zero-order valence-corrected chi connectivity index (χ0v) is 16.9. The van der Waals surface area contributed by atoms with Gasteiger partial charge in [0, 0.05) is 28.9 Å². The standard InChI is InChI=1S/C21H23N5S/c1-5-16(6-2)26-12-23-20-21(26)24-14(4)18(25-20)19-13(3)10-17(27-19)15-8-7-9-22-11-15/h7-12,16H,5-6H2,1-4H3.